The second-order valence-electron chi connectivity index (χ2n) is 3.39. The van der Waals surface area contributed by atoms with E-state index in [1.807, 2.05) is 12.3 Å². The molecule has 2 N–H and O–H groups in total. The van der Waals surface area contributed by atoms with E-state index in [0.29, 0.717) is 10.9 Å². The van der Waals surface area contributed by atoms with Crippen molar-refractivity contribution < 1.29 is 0 Å². The largest absolute Gasteiger partial charge is 0.389 e. The summed E-state index contributed by atoms with van der Waals surface area (Å²) < 4.78 is 1.76. The van der Waals surface area contributed by atoms with Crippen LogP contribution in [-0.2, 0) is 0 Å². The minimum absolute atomic E-state index is 0.438. The van der Waals surface area contributed by atoms with E-state index in [-0.39, 0.29) is 0 Å². The van der Waals surface area contributed by atoms with Crippen LogP contribution in [0.1, 0.15) is 25.5 Å². The van der Waals surface area contributed by atoms with Crippen LogP contribution >= 0.6 is 11.3 Å². The molecule has 0 unspecified atom stereocenters. The van der Waals surface area contributed by atoms with Gasteiger partial charge in [0.2, 0.25) is 5.13 Å². The fourth-order valence-corrected chi connectivity index (χ4v) is 1.75. The van der Waals surface area contributed by atoms with Crippen molar-refractivity contribution in [2.24, 2.45) is 0 Å². The van der Waals surface area contributed by atoms with E-state index in [0.717, 1.165) is 10.8 Å². The highest BCUT2D eigenvalue weighted by Crippen LogP contribution is 2.19. The van der Waals surface area contributed by atoms with Crippen LogP contribution in [0.15, 0.2) is 18.5 Å². The molecule has 2 aromatic rings. The Morgan fingerprint density at radius 3 is 2.79 bits per heavy atom. The molecular weight excluding hydrogens is 196 g/mol. The molecule has 0 saturated heterocycles. The zero-order chi connectivity index (χ0) is 10.1. The molecule has 0 aromatic carbocycles. The maximum absolute atomic E-state index is 5.60. The number of nitrogens with two attached hydrogens (primary N) is 1. The lowest BCUT2D eigenvalue weighted by Crippen LogP contribution is -1.95. The van der Waals surface area contributed by atoms with Gasteiger partial charge in [-0.25, -0.2) is 9.67 Å². The van der Waals surface area contributed by atoms with Crippen LogP contribution in [0, 0.1) is 0 Å². The highest BCUT2D eigenvalue weighted by atomic mass is 32.1. The monoisotopic (exact) mass is 208 g/mol. The number of nitrogens with zero attached hydrogens (tertiary/aromatic N) is 3. The van der Waals surface area contributed by atoms with Gasteiger partial charge < -0.3 is 5.73 Å². The minimum Gasteiger partial charge on any atom is -0.389 e. The van der Waals surface area contributed by atoms with E-state index in [4.69, 9.17) is 5.73 Å². The smallest absolute Gasteiger partial charge is 0.212 e. The molecule has 4 nitrogen and oxygen atoms in total. The van der Waals surface area contributed by atoms with E-state index >= 15 is 0 Å². The van der Waals surface area contributed by atoms with Gasteiger partial charge in [0.15, 0.2) is 0 Å². The number of hydrogen-bond donors (Lipinski definition) is 1. The molecular formula is C9H12N4S. The number of hydrogen-bond acceptors (Lipinski definition) is 4. The highest BCUT2D eigenvalue weighted by molar-refractivity contribution is 7.17. The molecule has 0 amide bonds. The Morgan fingerprint density at radius 2 is 2.29 bits per heavy atom. The second-order valence-corrected chi connectivity index (χ2v) is 4.43. The first-order valence-corrected chi connectivity index (χ1v) is 5.25. The third-order valence-electron chi connectivity index (χ3n) is 1.91. The van der Waals surface area contributed by atoms with Gasteiger partial charge >= 0.3 is 0 Å². The van der Waals surface area contributed by atoms with E-state index in [2.05, 4.69) is 23.9 Å². The van der Waals surface area contributed by atoms with Crippen molar-refractivity contribution in [3.8, 4) is 5.13 Å². The number of thiazole rings is 1. The molecule has 0 fully saturated rings. The lowest BCUT2D eigenvalue weighted by atomic mass is 10.1. The Bertz CT molecular complexity index is 429. The van der Waals surface area contributed by atoms with Gasteiger partial charge in [-0.15, -0.1) is 0 Å². The molecule has 2 heterocycles. The zero-order valence-corrected chi connectivity index (χ0v) is 8.95. The van der Waals surface area contributed by atoms with Crippen molar-refractivity contribution in [1.82, 2.24) is 14.8 Å². The number of anilines is 1. The number of rotatable bonds is 2. The van der Waals surface area contributed by atoms with Gasteiger partial charge in [-0.3, -0.25) is 0 Å². The predicted octanol–water partition coefficient (Wildman–Crippen LogP) is 2.03. The standard InChI is InChI=1S/C9H12N4S/c1-6(2)7-3-4-13(12-7)9-11-5-8(10)14-9/h3-6H,10H2,1-2H3. The fraction of sp³-hybridized carbons (Fsp3) is 0.333. The first kappa shape index (κ1) is 9.21. The molecule has 0 spiro atoms. The van der Waals surface area contributed by atoms with Crippen LogP contribution in [0.4, 0.5) is 5.00 Å². The van der Waals surface area contributed by atoms with E-state index < -0.39 is 0 Å². The van der Waals surface area contributed by atoms with Crippen LogP contribution < -0.4 is 5.73 Å². The fourth-order valence-electron chi connectivity index (χ4n) is 1.14. The molecule has 0 aliphatic carbocycles. The Hall–Kier alpha value is -1.36. The topological polar surface area (TPSA) is 56.7 Å². The number of aromatic nitrogens is 3. The van der Waals surface area contributed by atoms with E-state index in [1.54, 1.807) is 10.9 Å². The van der Waals surface area contributed by atoms with Crippen LogP contribution in [0.3, 0.4) is 0 Å². The summed E-state index contributed by atoms with van der Waals surface area (Å²) >= 11 is 1.43. The molecule has 0 atom stereocenters. The average molecular weight is 208 g/mol. The van der Waals surface area contributed by atoms with E-state index in [1.165, 1.54) is 11.3 Å². The molecule has 0 radical (unpaired) electrons. The van der Waals surface area contributed by atoms with Crippen molar-refractivity contribution in [3.63, 3.8) is 0 Å². The molecule has 2 aromatic heterocycles. The van der Waals surface area contributed by atoms with Crippen LogP contribution in [0.5, 0.6) is 0 Å². The third-order valence-corrected chi connectivity index (χ3v) is 2.72. The summed E-state index contributed by atoms with van der Waals surface area (Å²) in [6.07, 6.45) is 3.56. The van der Waals surface area contributed by atoms with Gasteiger partial charge in [0.05, 0.1) is 11.9 Å². The summed E-state index contributed by atoms with van der Waals surface area (Å²) in [6.45, 7) is 4.23. The van der Waals surface area contributed by atoms with Crippen molar-refractivity contribution in [3.05, 3.63) is 24.2 Å². The maximum Gasteiger partial charge on any atom is 0.212 e. The lowest BCUT2D eigenvalue weighted by molar-refractivity contribution is 0.765. The van der Waals surface area contributed by atoms with Gasteiger partial charge in [-0.2, -0.15) is 5.10 Å². The Balaban J connectivity index is 2.33. The van der Waals surface area contributed by atoms with Gasteiger partial charge in [0, 0.05) is 6.20 Å². The van der Waals surface area contributed by atoms with Crippen LogP contribution in [0.2, 0.25) is 0 Å². The quantitative estimate of drug-likeness (QED) is 0.821. The van der Waals surface area contributed by atoms with Gasteiger partial charge in [-0.05, 0) is 12.0 Å². The Labute approximate surface area is 86.4 Å². The molecule has 14 heavy (non-hydrogen) atoms. The zero-order valence-electron chi connectivity index (χ0n) is 8.14. The molecule has 0 saturated carbocycles. The molecule has 5 heteroatoms. The molecule has 74 valence electrons. The highest BCUT2D eigenvalue weighted by Gasteiger charge is 2.06. The van der Waals surface area contributed by atoms with Crippen molar-refractivity contribution in [2.75, 3.05) is 5.73 Å². The summed E-state index contributed by atoms with van der Waals surface area (Å²) in [5.41, 5.74) is 6.67. The van der Waals surface area contributed by atoms with Crippen molar-refractivity contribution >= 4 is 16.3 Å². The van der Waals surface area contributed by atoms with Crippen LogP contribution in [-0.4, -0.2) is 14.8 Å². The second kappa shape index (κ2) is 3.42. The van der Waals surface area contributed by atoms with Crippen LogP contribution in [0.25, 0.3) is 5.13 Å². The summed E-state index contributed by atoms with van der Waals surface area (Å²) in [6, 6.07) is 2.00. The average Bonchev–Trinajstić information content (AvgIpc) is 2.70. The summed E-state index contributed by atoms with van der Waals surface area (Å²) in [7, 11) is 0. The molecule has 2 rings (SSSR count). The lowest BCUT2D eigenvalue weighted by Gasteiger charge is -1.97. The normalized spacial score (nSPS) is 11.1. The third kappa shape index (κ3) is 1.63. The molecule has 0 aliphatic rings. The first-order chi connectivity index (χ1) is 6.66. The maximum atomic E-state index is 5.60. The molecule has 0 bridgehead atoms. The van der Waals surface area contributed by atoms with Gasteiger partial charge in [-0.1, -0.05) is 25.2 Å². The summed E-state index contributed by atoms with van der Waals surface area (Å²) in [5.74, 6) is 0.438. The van der Waals surface area contributed by atoms with Gasteiger partial charge in [0.25, 0.3) is 0 Å². The molecule has 0 aliphatic heterocycles. The summed E-state index contributed by atoms with van der Waals surface area (Å²) in [5, 5.41) is 5.93. The van der Waals surface area contributed by atoms with Crippen molar-refractivity contribution in [1.29, 1.82) is 0 Å². The Kier molecular flexibility index (Phi) is 2.25. The minimum atomic E-state index is 0.438. The van der Waals surface area contributed by atoms with E-state index in [9.17, 15) is 0 Å². The number of nitrogen functional groups attached to an aromatic ring is 1. The predicted molar refractivity (Wildman–Crippen MR) is 57.7 cm³/mol. The SMILES string of the molecule is CC(C)c1ccn(-c2ncc(N)s2)n1. The first-order valence-electron chi connectivity index (χ1n) is 4.44. The Morgan fingerprint density at radius 1 is 1.50 bits per heavy atom. The van der Waals surface area contributed by atoms with Crippen molar-refractivity contribution in [2.45, 2.75) is 19.8 Å². The summed E-state index contributed by atoms with van der Waals surface area (Å²) in [4.78, 5) is 4.15. The van der Waals surface area contributed by atoms with Gasteiger partial charge in [0.1, 0.15) is 5.00 Å².